The maximum Gasteiger partial charge on any atom is 0.231 e. The van der Waals surface area contributed by atoms with E-state index >= 15 is 0 Å². The molecule has 1 aliphatic rings. The van der Waals surface area contributed by atoms with Gasteiger partial charge >= 0.3 is 0 Å². The Kier molecular flexibility index (Phi) is 3.35. The zero-order valence-corrected chi connectivity index (χ0v) is 9.40. The molecule has 0 saturated heterocycles. The summed E-state index contributed by atoms with van der Waals surface area (Å²) >= 11 is 0. The van der Waals surface area contributed by atoms with Crippen LogP contribution in [-0.4, -0.2) is 25.6 Å². The van der Waals surface area contributed by atoms with Crippen molar-refractivity contribution in [1.82, 2.24) is 0 Å². The Morgan fingerprint density at radius 1 is 1.59 bits per heavy atom. The minimum absolute atomic E-state index is 0.0286. The summed E-state index contributed by atoms with van der Waals surface area (Å²) in [6.07, 6.45) is 0.287. The first kappa shape index (κ1) is 11.9. The largest absolute Gasteiger partial charge is 0.493 e. The Bertz CT molecular complexity index is 421. The van der Waals surface area contributed by atoms with Crippen LogP contribution in [-0.2, 0) is 0 Å². The van der Waals surface area contributed by atoms with E-state index in [1.807, 2.05) is 0 Å². The smallest absolute Gasteiger partial charge is 0.231 e. The van der Waals surface area contributed by atoms with Crippen LogP contribution < -0.4 is 19.9 Å². The van der Waals surface area contributed by atoms with Crippen molar-refractivity contribution in [3.63, 3.8) is 0 Å². The molecule has 6 heteroatoms. The lowest BCUT2D eigenvalue weighted by Gasteiger charge is -2.17. The first-order chi connectivity index (χ1) is 8.19. The maximum absolute atomic E-state index is 13.7. The molecule has 1 aromatic rings. The molecule has 0 bridgehead atoms. The molecule has 5 nitrogen and oxygen atoms in total. The van der Waals surface area contributed by atoms with E-state index in [2.05, 4.69) is 0 Å². The first-order valence-electron chi connectivity index (χ1n) is 5.21. The van der Waals surface area contributed by atoms with E-state index in [1.165, 1.54) is 13.2 Å². The number of halogens is 1. The van der Waals surface area contributed by atoms with Crippen molar-refractivity contribution in [2.24, 2.45) is 5.73 Å². The molecule has 1 aromatic carbocycles. The van der Waals surface area contributed by atoms with Crippen molar-refractivity contribution in [1.29, 1.82) is 0 Å². The lowest BCUT2D eigenvalue weighted by atomic mass is 10.0. The van der Waals surface area contributed by atoms with Gasteiger partial charge in [-0.3, -0.25) is 0 Å². The van der Waals surface area contributed by atoms with E-state index < -0.39 is 11.9 Å². The van der Waals surface area contributed by atoms with Crippen molar-refractivity contribution in [2.45, 2.75) is 12.5 Å². The number of hydrogen-bond acceptors (Lipinski definition) is 5. The van der Waals surface area contributed by atoms with Gasteiger partial charge in [0.05, 0.1) is 12.7 Å². The molecule has 1 heterocycles. The first-order valence-corrected chi connectivity index (χ1v) is 5.21. The van der Waals surface area contributed by atoms with Gasteiger partial charge in [-0.25, -0.2) is 4.39 Å². The van der Waals surface area contributed by atoms with Gasteiger partial charge in [-0.05, 0) is 6.42 Å². The molecule has 0 fully saturated rings. The van der Waals surface area contributed by atoms with Crippen molar-refractivity contribution >= 4 is 0 Å². The van der Waals surface area contributed by atoms with Gasteiger partial charge in [0.25, 0.3) is 0 Å². The van der Waals surface area contributed by atoms with E-state index in [9.17, 15) is 4.39 Å². The van der Waals surface area contributed by atoms with Gasteiger partial charge < -0.3 is 25.1 Å². The highest BCUT2D eigenvalue weighted by Gasteiger charge is 2.28. The average Bonchev–Trinajstić information content (AvgIpc) is 2.74. The highest BCUT2D eigenvalue weighted by molar-refractivity contribution is 5.57. The monoisotopic (exact) mass is 243 g/mol. The van der Waals surface area contributed by atoms with Crippen molar-refractivity contribution in [3.05, 3.63) is 17.4 Å². The lowest BCUT2D eigenvalue weighted by Crippen LogP contribution is -2.14. The lowest BCUT2D eigenvalue weighted by molar-refractivity contribution is 0.172. The van der Waals surface area contributed by atoms with Crippen molar-refractivity contribution < 1.29 is 23.7 Å². The second-order valence-electron chi connectivity index (χ2n) is 3.66. The fourth-order valence-corrected chi connectivity index (χ4v) is 1.85. The Hall–Kier alpha value is -1.53. The second kappa shape index (κ2) is 4.77. The number of aliphatic hydroxyl groups excluding tert-OH is 1. The molecule has 0 aliphatic carbocycles. The summed E-state index contributed by atoms with van der Waals surface area (Å²) in [5.41, 5.74) is 6.28. The minimum atomic E-state index is -0.568. The van der Waals surface area contributed by atoms with Gasteiger partial charge in [0.15, 0.2) is 23.1 Å². The van der Waals surface area contributed by atoms with E-state index in [1.54, 1.807) is 0 Å². The van der Waals surface area contributed by atoms with Gasteiger partial charge in [0.1, 0.15) is 0 Å². The predicted octanol–water partition coefficient (Wildman–Crippen LogP) is 0.945. The highest BCUT2D eigenvalue weighted by Crippen LogP contribution is 2.45. The van der Waals surface area contributed by atoms with Crippen LogP contribution in [0.3, 0.4) is 0 Å². The second-order valence-corrected chi connectivity index (χ2v) is 3.66. The fourth-order valence-electron chi connectivity index (χ4n) is 1.85. The standard InChI is InChI=1S/C11H14FNO4/c1-15-10-6(12)4-8-11(17-5-16-8)9(10)7(13)2-3-14/h4,7,14H,2-3,5,13H2,1H3. The molecule has 94 valence electrons. The topological polar surface area (TPSA) is 73.9 Å². The molecular weight excluding hydrogens is 229 g/mol. The van der Waals surface area contributed by atoms with Gasteiger partial charge in [0.2, 0.25) is 6.79 Å². The van der Waals surface area contributed by atoms with E-state index in [-0.39, 0.29) is 25.6 Å². The zero-order chi connectivity index (χ0) is 12.4. The number of aliphatic hydroxyl groups is 1. The molecule has 0 spiro atoms. The van der Waals surface area contributed by atoms with Gasteiger partial charge in [-0.15, -0.1) is 0 Å². The van der Waals surface area contributed by atoms with Gasteiger partial charge in [-0.2, -0.15) is 0 Å². The SMILES string of the molecule is COc1c(F)cc2c(c1C(N)CCO)OCO2. The van der Waals surface area contributed by atoms with Crippen LogP contribution in [0.25, 0.3) is 0 Å². The molecule has 1 unspecified atom stereocenters. The summed E-state index contributed by atoms with van der Waals surface area (Å²) in [6.45, 7) is -0.0722. The van der Waals surface area contributed by atoms with E-state index in [0.717, 1.165) is 0 Å². The summed E-state index contributed by atoms with van der Waals surface area (Å²) < 4.78 is 29.1. The molecule has 3 N–H and O–H groups in total. The number of fused-ring (bicyclic) bond motifs is 1. The Balaban J connectivity index is 2.53. The number of methoxy groups -OCH3 is 1. The van der Waals surface area contributed by atoms with Crippen LogP contribution in [0.2, 0.25) is 0 Å². The fraction of sp³-hybridized carbons (Fsp3) is 0.455. The number of ether oxygens (including phenoxy) is 3. The Labute approximate surface area is 97.9 Å². The molecule has 17 heavy (non-hydrogen) atoms. The number of nitrogens with two attached hydrogens (primary N) is 1. The molecular formula is C11H14FNO4. The van der Waals surface area contributed by atoms with Gasteiger partial charge in [-0.1, -0.05) is 0 Å². The molecule has 1 atom stereocenters. The Morgan fingerprint density at radius 3 is 3.00 bits per heavy atom. The van der Waals surface area contributed by atoms with E-state index in [4.69, 9.17) is 25.1 Å². The summed E-state index contributed by atoms with van der Waals surface area (Å²) in [6, 6.07) is 0.636. The molecule has 0 amide bonds. The van der Waals surface area contributed by atoms with Crippen LogP contribution in [0.1, 0.15) is 18.0 Å². The van der Waals surface area contributed by atoms with Gasteiger partial charge in [0, 0.05) is 18.7 Å². The van der Waals surface area contributed by atoms with E-state index in [0.29, 0.717) is 17.1 Å². The third kappa shape index (κ3) is 2.01. The normalized spacial score (nSPS) is 14.8. The summed E-state index contributed by atoms with van der Waals surface area (Å²) in [4.78, 5) is 0. The summed E-state index contributed by atoms with van der Waals surface area (Å²) in [7, 11) is 1.36. The number of rotatable bonds is 4. The number of hydrogen-bond donors (Lipinski definition) is 2. The third-order valence-corrected chi connectivity index (χ3v) is 2.62. The van der Waals surface area contributed by atoms with Crippen LogP contribution in [0.5, 0.6) is 17.2 Å². The molecule has 0 radical (unpaired) electrons. The number of benzene rings is 1. The molecule has 1 aliphatic heterocycles. The van der Waals surface area contributed by atoms with Crippen molar-refractivity contribution in [2.75, 3.05) is 20.5 Å². The quantitative estimate of drug-likeness (QED) is 0.823. The molecule has 0 aromatic heterocycles. The van der Waals surface area contributed by atoms with Crippen LogP contribution in [0, 0.1) is 5.82 Å². The third-order valence-electron chi connectivity index (χ3n) is 2.62. The predicted molar refractivity (Wildman–Crippen MR) is 57.7 cm³/mol. The Morgan fingerprint density at radius 2 is 2.35 bits per heavy atom. The highest BCUT2D eigenvalue weighted by atomic mass is 19.1. The maximum atomic E-state index is 13.7. The minimum Gasteiger partial charge on any atom is -0.493 e. The molecule has 2 rings (SSSR count). The van der Waals surface area contributed by atoms with Crippen LogP contribution in [0.15, 0.2) is 6.07 Å². The summed E-state index contributed by atoms with van der Waals surface area (Å²) in [5.74, 6) is 0.186. The zero-order valence-electron chi connectivity index (χ0n) is 9.40. The van der Waals surface area contributed by atoms with Crippen LogP contribution >= 0.6 is 0 Å². The van der Waals surface area contributed by atoms with Crippen molar-refractivity contribution in [3.8, 4) is 17.2 Å². The average molecular weight is 243 g/mol. The van der Waals surface area contributed by atoms with Crippen LogP contribution in [0.4, 0.5) is 4.39 Å². The summed E-state index contributed by atoms with van der Waals surface area (Å²) in [5, 5.41) is 8.89. The molecule has 0 saturated carbocycles.